The first-order chi connectivity index (χ1) is 16.6. The van der Waals surface area contributed by atoms with Crippen molar-refractivity contribution in [3.8, 4) is 0 Å². The van der Waals surface area contributed by atoms with Gasteiger partial charge in [-0.1, -0.05) is 84.9 Å². The summed E-state index contributed by atoms with van der Waals surface area (Å²) in [5.74, 6) is -0.311. The Bertz CT molecular complexity index is 1570. The van der Waals surface area contributed by atoms with Gasteiger partial charge in [-0.3, -0.25) is 0 Å². The molecule has 0 fully saturated rings. The summed E-state index contributed by atoms with van der Waals surface area (Å²) in [6.07, 6.45) is 4.52. The highest BCUT2D eigenvalue weighted by molar-refractivity contribution is 6.01. The molecule has 0 aromatic heterocycles. The smallest absolute Gasteiger partial charge is 0.343 e. The van der Waals surface area contributed by atoms with E-state index in [0.29, 0.717) is 0 Å². The van der Waals surface area contributed by atoms with Crippen LogP contribution in [0, 0.1) is 5.92 Å². The van der Waals surface area contributed by atoms with E-state index < -0.39 is 17.0 Å². The molecule has 0 saturated heterocycles. The molecule has 1 N–H and O–H groups in total. The monoisotopic (exact) mass is 442 g/mol. The number of rotatable bonds is 1. The first-order valence-corrected chi connectivity index (χ1v) is 11.9. The summed E-state index contributed by atoms with van der Waals surface area (Å²) >= 11 is 0. The standard InChI is InChI=1S/C31H22O3/c1-34-29(32)31(33)28-19-9-3-2-8-17(19)16-18-14-15-22-26-20-10-4-6-12-23(20)30(31,27(22)25(18)28)24-13-7-5-11-21(24)26/h2-16,22,26-27,33H,1H3/t22-,26?,27+,30?,31?/m0/s1. The van der Waals surface area contributed by atoms with E-state index in [0.717, 1.165) is 38.6 Å². The fraction of sp³-hybridized carbons (Fsp3) is 0.194. The lowest BCUT2D eigenvalue weighted by molar-refractivity contribution is -0.171. The van der Waals surface area contributed by atoms with Crippen molar-refractivity contribution in [1.82, 2.24) is 0 Å². The van der Waals surface area contributed by atoms with Crippen LogP contribution in [0.15, 0.2) is 84.9 Å². The molecule has 164 valence electrons. The number of allylic oxidation sites excluding steroid dienone is 1. The maximum Gasteiger partial charge on any atom is 0.343 e. The van der Waals surface area contributed by atoms with E-state index in [2.05, 4.69) is 60.7 Å². The zero-order valence-corrected chi connectivity index (χ0v) is 18.7. The summed E-state index contributed by atoms with van der Waals surface area (Å²) in [5.41, 5.74) is 4.61. The molecule has 4 aromatic rings. The summed E-state index contributed by atoms with van der Waals surface area (Å²) in [6, 6.07) is 27.1. The fourth-order valence-corrected chi connectivity index (χ4v) is 8.11. The molecule has 0 saturated carbocycles. The minimum atomic E-state index is -1.86. The lowest BCUT2D eigenvalue weighted by atomic mass is 9.43. The molecule has 2 bridgehead atoms. The van der Waals surface area contributed by atoms with Crippen LogP contribution in [0.3, 0.4) is 0 Å². The average Bonchev–Trinajstić information content (AvgIpc) is 3.15. The van der Waals surface area contributed by atoms with Gasteiger partial charge < -0.3 is 9.84 Å². The van der Waals surface area contributed by atoms with Gasteiger partial charge in [-0.25, -0.2) is 4.79 Å². The Balaban J connectivity index is 1.67. The summed E-state index contributed by atoms with van der Waals surface area (Å²) in [5, 5.41) is 15.0. The molecule has 3 atom stereocenters. The highest BCUT2D eigenvalue weighted by Crippen LogP contribution is 2.76. The molecular formula is C31H22O3. The average molecular weight is 443 g/mol. The second-order valence-electron chi connectivity index (χ2n) is 10.1. The van der Waals surface area contributed by atoms with Gasteiger partial charge in [0.2, 0.25) is 5.60 Å². The molecule has 0 radical (unpaired) electrons. The molecule has 4 aromatic carbocycles. The van der Waals surface area contributed by atoms with Crippen molar-refractivity contribution in [2.45, 2.75) is 22.9 Å². The predicted molar refractivity (Wildman–Crippen MR) is 131 cm³/mol. The molecule has 34 heavy (non-hydrogen) atoms. The second-order valence-corrected chi connectivity index (χ2v) is 10.1. The Hall–Kier alpha value is -3.69. The van der Waals surface area contributed by atoms with Gasteiger partial charge in [-0.05, 0) is 56.1 Å². The number of hydrogen-bond acceptors (Lipinski definition) is 3. The number of esters is 1. The Morgan fingerprint density at radius 3 is 2.26 bits per heavy atom. The van der Waals surface area contributed by atoms with Crippen LogP contribution >= 0.6 is 0 Å². The number of benzene rings is 4. The van der Waals surface area contributed by atoms with Crippen LogP contribution in [0.4, 0.5) is 0 Å². The Labute approximate surface area is 197 Å². The predicted octanol–water partition coefficient (Wildman–Crippen LogP) is 5.39. The van der Waals surface area contributed by atoms with Crippen LogP contribution in [-0.2, 0) is 20.5 Å². The minimum Gasteiger partial charge on any atom is -0.467 e. The highest BCUT2D eigenvalue weighted by atomic mass is 16.5. The van der Waals surface area contributed by atoms with Crippen molar-refractivity contribution >= 4 is 22.8 Å². The molecule has 5 aliphatic rings. The van der Waals surface area contributed by atoms with Crippen molar-refractivity contribution in [1.29, 1.82) is 0 Å². The SMILES string of the molecule is COC(=O)C1(O)c2c3c(cc4ccccc24)C=C[C@H]2C4c5ccccc5C1(c1ccccc14)[C@@H]32. The molecule has 3 nitrogen and oxygen atoms in total. The third-order valence-electron chi connectivity index (χ3n) is 9.02. The Morgan fingerprint density at radius 2 is 1.56 bits per heavy atom. The van der Waals surface area contributed by atoms with E-state index in [1.54, 1.807) is 0 Å². The van der Waals surface area contributed by atoms with Crippen molar-refractivity contribution in [2.24, 2.45) is 5.92 Å². The molecule has 5 aliphatic carbocycles. The van der Waals surface area contributed by atoms with Crippen LogP contribution in [0.1, 0.15) is 50.8 Å². The quantitative estimate of drug-likeness (QED) is 0.402. The van der Waals surface area contributed by atoms with E-state index in [9.17, 15) is 9.90 Å². The number of carbonyl (C=O) groups is 1. The van der Waals surface area contributed by atoms with Crippen molar-refractivity contribution in [2.75, 3.05) is 7.11 Å². The van der Waals surface area contributed by atoms with Gasteiger partial charge >= 0.3 is 5.97 Å². The van der Waals surface area contributed by atoms with Crippen LogP contribution < -0.4 is 0 Å². The minimum absolute atomic E-state index is 0.0500. The Kier molecular flexibility index (Phi) is 3.22. The maximum atomic E-state index is 13.9. The van der Waals surface area contributed by atoms with E-state index in [1.165, 1.54) is 18.2 Å². The number of hydrogen-bond donors (Lipinski definition) is 1. The van der Waals surface area contributed by atoms with Crippen LogP contribution in [0.25, 0.3) is 16.8 Å². The third kappa shape index (κ3) is 1.70. The number of fused-ring (bicyclic) bond motifs is 2. The topological polar surface area (TPSA) is 46.5 Å². The molecule has 0 amide bonds. The van der Waals surface area contributed by atoms with E-state index >= 15 is 0 Å². The highest BCUT2D eigenvalue weighted by Gasteiger charge is 2.76. The summed E-state index contributed by atoms with van der Waals surface area (Å²) in [4.78, 5) is 13.9. The van der Waals surface area contributed by atoms with Crippen molar-refractivity contribution in [3.63, 3.8) is 0 Å². The summed E-state index contributed by atoms with van der Waals surface area (Å²) in [6.45, 7) is 0. The molecule has 3 heteroatoms. The molecular weight excluding hydrogens is 420 g/mol. The molecule has 9 rings (SSSR count). The molecule has 0 heterocycles. The van der Waals surface area contributed by atoms with E-state index in [4.69, 9.17) is 4.74 Å². The van der Waals surface area contributed by atoms with E-state index in [1.807, 2.05) is 30.3 Å². The van der Waals surface area contributed by atoms with Crippen molar-refractivity contribution in [3.05, 3.63) is 124 Å². The van der Waals surface area contributed by atoms with E-state index in [-0.39, 0.29) is 17.8 Å². The van der Waals surface area contributed by atoms with Gasteiger partial charge in [-0.15, -0.1) is 0 Å². The first kappa shape index (κ1) is 18.7. The molecule has 1 unspecified atom stereocenters. The van der Waals surface area contributed by atoms with Gasteiger partial charge in [0.05, 0.1) is 12.5 Å². The van der Waals surface area contributed by atoms with Crippen molar-refractivity contribution < 1.29 is 14.6 Å². The maximum absolute atomic E-state index is 13.9. The number of ether oxygens (including phenoxy) is 1. The number of carbonyl (C=O) groups excluding carboxylic acids is 1. The number of methoxy groups -OCH3 is 1. The number of aliphatic hydroxyl groups is 1. The zero-order chi connectivity index (χ0) is 22.8. The van der Waals surface area contributed by atoms with Gasteiger partial charge in [0, 0.05) is 17.4 Å². The van der Waals surface area contributed by atoms with Gasteiger partial charge in [0.15, 0.2) is 0 Å². The molecule has 1 spiro atoms. The second kappa shape index (κ2) is 5.86. The van der Waals surface area contributed by atoms with Gasteiger partial charge in [0.25, 0.3) is 0 Å². The fourth-order valence-electron chi connectivity index (χ4n) is 8.11. The summed E-state index contributed by atoms with van der Waals surface area (Å²) in [7, 11) is 1.39. The van der Waals surface area contributed by atoms with Gasteiger partial charge in [0.1, 0.15) is 0 Å². The zero-order valence-electron chi connectivity index (χ0n) is 18.7. The van der Waals surface area contributed by atoms with Crippen LogP contribution in [0.2, 0.25) is 0 Å². The lowest BCUT2D eigenvalue weighted by Gasteiger charge is -2.58. The third-order valence-corrected chi connectivity index (χ3v) is 9.02. The Morgan fingerprint density at radius 1 is 0.912 bits per heavy atom. The largest absolute Gasteiger partial charge is 0.467 e. The lowest BCUT2D eigenvalue weighted by Crippen LogP contribution is -2.61. The van der Waals surface area contributed by atoms with Crippen LogP contribution in [-0.4, -0.2) is 18.2 Å². The normalized spacial score (nSPS) is 30.6. The van der Waals surface area contributed by atoms with Crippen LogP contribution in [0.5, 0.6) is 0 Å². The van der Waals surface area contributed by atoms with Gasteiger partial charge in [-0.2, -0.15) is 0 Å². The summed E-state index contributed by atoms with van der Waals surface area (Å²) < 4.78 is 5.45. The molecule has 0 aliphatic heterocycles. The first-order valence-electron chi connectivity index (χ1n) is 11.9.